The van der Waals surface area contributed by atoms with E-state index in [2.05, 4.69) is 10.0 Å². The number of hydrogen-bond acceptors (Lipinski definition) is 3. The Bertz CT molecular complexity index is 253. The SMILES string of the molecule is O=S(=O)(NC1CC1)[C@@H]1CCNC1. The van der Waals surface area contributed by atoms with Crippen LogP contribution in [0.15, 0.2) is 0 Å². The minimum absolute atomic E-state index is 0.196. The van der Waals surface area contributed by atoms with E-state index in [1.807, 2.05) is 0 Å². The summed E-state index contributed by atoms with van der Waals surface area (Å²) >= 11 is 0. The van der Waals surface area contributed by atoms with Gasteiger partial charge in [0.05, 0.1) is 5.25 Å². The zero-order valence-corrected chi connectivity index (χ0v) is 7.73. The largest absolute Gasteiger partial charge is 0.315 e. The van der Waals surface area contributed by atoms with Crippen LogP contribution in [0.4, 0.5) is 0 Å². The highest BCUT2D eigenvalue weighted by Crippen LogP contribution is 2.21. The van der Waals surface area contributed by atoms with Crippen molar-refractivity contribution in [2.75, 3.05) is 13.1 Å². The molecule has 1 aliphatic carbocycles. The normalized spacial score (nSPS) is 30.8. The maximum Gasteiger partial charge on any atom is 0.216 e. The van der Waals surface area contributed by atoms with Gasteiger partial charge in [0.25, 0.3) is 0 Å². The summed E-state index contributed by atoms with van der Waals surface area (Å²) in [6.07, 6.45) is 2.78. The Hall–Kier alpha value is -0.130. The highest BCUT2D eigenvalue weighted by Gasteiger charge is 2.33. The lowest BCUT2D eigenvalue weighted by Gasteiger charge is -2.10. The molecule has 0 radical (unpaired) electrons. The summed E-state index contributed by atoms with van der Waals surface area (Å²) in [7, 11) is -3.01. The van der Waals surface area contributed by atoms with Gasteiger partial charge in [-0.05, 0) is 25.8 Å². The van der Waals surface area contributed by atoms with Crippen molar-refractivity contribution in [2.24, 2.45) is 0 Å². The molecule has 4 nitrogen and oxygen atoms in total. The third-order valence-electron chi connectivity index (χ3n) is 2.36. The van der Waals surface area contributed by atoms with Crippen LogP contribution in [0.5, 0.6) is 0 Å². The fourth-order valence-corrected chi connectivity index (χ4v) is 3.08. The molecule has 0 amide bonds. The van der Waals surface area contributed by atoms with Gasteiger partial charge >= 0.3 is 0 Å². The molecule has 1 atom stereocenters. The van der Waals surface area contributed by atoms with E-state index in [1.165, 1.54) is 0 Å². The van der Waals surface area contributed by atoms with E-state index in [1.54, 1.807) is 0 Å². The fourth-order valence-electron chi connectivity index (χ4n) is 1.42. The molecule has 2 N–H and O–H groups in total. The number of hydrogen-bond donors (Lipinski definition) is 2. The minimum atomic E-state index is -3.01. The Labute approximate surface area is 72.8 Å². The van der Waals surface area contributed by atoms with Crippen LogP contribution in [0.2, 0.25) is 0 Å². The zero-order chi connectivity index (χ0) is 8.60. The molecule has 0 aromatic rings. The summed E-state index contributed by atoms with van der Waals surface area (Å²) in [5.41, 5.74) is 0. The molecular formula is C7H14N2O2S. The summed E-state index contributed by atoms with van der Waals surface area (Å²) in [6.45, 7) is 1.44. The Kier molecular flexibility index (Phi) is 2.10. The second kappa shape index (κ2) is 2.97. The average molecular weight is 190 g/mol. The molecule has 2 rings (SSSR count). The van der Waals surface area contributed by atoms with Gasteiger partial charge in [0.2, 0.25) is 10.0 Å². The molecule has 0 unspecified atom stereocenters. The van der Waals surface area contributed by atoms with E-state index in [9.17, 15) is 8.42 Å². The first-order valence-corrected chi connectivity index (χ1v) is 5.95. The standard InChI is InChI=1S/C7H14N2O2S/c10-12(11,9-6-1-2-6)7-3-4-8-5-7/h6-9H,1-5H2/t7-/m1/s1. The van der Waals surface area contributed by atoms with Gasteiger partial charge in [-0.3, -0.25) is 0 Å². The molecule has 0 aromatic heterocycles. The van der Waals surface area contributed by atoms with Crippen LogP contribution in [-0.4, -0.2) is 32.8 Å². The van der Waals surface area contributed by atoms with Gasteiger partial charge in [0, 0.05) is 12.6 Å². The van der Waals surface area contributed by atoms with Crippen LogP contribution >= 0.6 is 0 Å². The highest BCUT2D eigenvalue weighted by molar-refractivity contribution is 7.90. The zero-order valence-electron chi connectivity index (χ0n) is 6.91. The van der Waals surface area contributed by atoms with Crippen molar-refractivity contribution in [3.63, 3.8) is 0 Å². The predicted octanol–water partition coefficient (Wildman–Crippen LogP) is -0.570. The summed E-state index contributed by atoms with van der Waals surface area (Å²) in [5.74, 6) is 0. The van der Waals surface area contributed by atoms with Gasteiger partial charge in [-0.15, -0.1) is 0 Å². The lowest BCUT2D eigenvalue weighted by Crippen LogP contribution is -2.36. The molecule has 5 heteroatoms. The smallest absolute Gasteiger partial charge is 0.216 e. The van der Waals surface area contributed by atoms with Crippen molar-refractivity contribution in [3.05, 3.63) is 0 Å². The fraction of sp³-hybridized carbons (Fsp3) is 1.00. The van der Waals surface area contributed by atoms with E-state index in [0.717, 1.165) is 25.8 Å². The molecule has 0 spiro atoms. The summed E-state index contributed by atoms with van der Waals surface area (Å²) in [6, 6.07) is 0.246. The third-order valence-corrected chi connectivity index (χ3v) is 4.30. The van der Waals surface area contributed by atoms with Crippen molar-refractivity contribution in [3.8, 4) is 0 Å². The molecule has 1 heterocycles. The summed E-state index contributed by atoms with van der Waals surface area (Å²) < 4.78 is 25.8. The topological polar surface area (TPSA) is 58.2 Å². The maximum atomic E-state index is 11.5. The molecule has 0 aromatic carbocycles. The molecule has 12 heavy (non-hydrogen) atoms. The first-order chi connectivity index (χ1) is 5.68. The quantitative estimate of drug-likeness (QED) is 0.626. The number of nitrogens with one attached hydrogen (secondary N) is 2. The maximum absolute atomic E-state index is 11.5. The Morgan fingerprint density at radius 2 is 2.00 bits per heavy atom. The van der Waals surface area contributed by atoms with Gasteiger partial charge in [0.1, 0.15) is 0 Å². The van der Waals surface area contributed by atoms with Crippen LogP contribution in [-0.2, 0) is 10.0 Å². The lowest BCUT2D eigenvalue weighted by molar-refractivity contribution is 0.567. The van der Waals surface area contributed by atoms with Crippen molar-refractivity contribution < 1.29 is 8.42 Å². The molecule has 2 fully saturated rings. The van der Waals surface area contributed by atoms with Crippen molar-refractivity contribution >= 4 is 10.0 Å². The molecule has 0 bridgehead atoms. The lowest BCUT2D eigenvalue weighted by atomic mass is 10.4. The van der Waals surface area contributed by atoms with Gasteiger partial charge in [0.15, 0.2) is 0 Å². The molecule has 1 saturated carbocycles. The Morgan fingerprint density at radius 3 is 2.50 bits per heavy atom. The van der Waals surface area contributed by atoms with Gasteiger partial charge < -0.3 is 5.32 Å². The van der Waals surface area contributed by atoms with Crippen LogP contribution < -0.4 is 10.0 Å². The van der Waals surface area contributed by atoms with E-state index in [0.29, 0.717) is 6.54 Å². The molecular weight excluding hydrogens is 176 g/mol. The van der Waals surface area contributed by atoms with Crippen LogP contribution in [0.1, 0.15) is 19.3 Å². The van der Waals surface area contributed by atoms with E-state index < -0.39 is 10.0 Å². The molecule has 2 aliphatic rings. The summed E-state index contributed by atoms with van der Waals surface area (Å²) in [4.78, 5) is 0. The predicted molar refractivity (Wildman–Crippen MR) is 46.4 cm³/mol. The van der Waals surface area contributed by atoms with Crippen molar-refractivity contribution in [1.29, 1.82) is 0 Å². The van der Waals surface area contributed by atoms with Crippen molar-refractivity contribution in [2.45, 2.75) is 30.6 Å². The third kappa shape index (κ3) is 1.78. The average Bonchev–Trinajstić information content (AvgIpc) is 2.67. The monoisotopic (exact) mass is 190 g/mol. The van der Waals surface area contributed by atoms with Crippen LogP contribution in [0.25, 0.3) is 0 Å². The Morgan fingerprint density at radius 1 is 1.25 bits per heavy atom. The second-order valence-corrected chi connectivity index (χ2v) is 5.54. The number of rotatable bonds is 3. The van der Waals surface area contributed by atoms with Gasteiger partial charge in [-0.25, -0.2) is 13.1 Å². The van der Waals surface area contributed by atoms with Crippen LogP contribution in [0.3, 0.4) is 0 Å². The minimum Gasteiger partial charge on any atom is -0.315 e. The van der Waals surface area contributed by atoms with E-state index in [-0.39, 0.29) is 11.3 Å². The molecule has 1 saturated heterocycles. The molecule has 1 aliphatic heterocycles. The van der Waals surface area contributed by atoms with E-state index >= 15 is 0 Å². The van der Waals surface area contributed by atoms with Gasteiger partial charge in [-0.2, -0.15) is 0 Å². The number of sulfonamides is 1. The van der Waals surface area contributed by atoms with E-state index in [4.69, 9.17) is 0 Å². The highest BCUT2D eigenvalue weighted by atomic mass is 32.2. The van der Waals surface area contributed by atoms with Crippen LogP contribution in [0, 0.1) is 0 Å². The van der Waals surface area contributed by atoms with Gasteiger partial charge in [-0.1, -0.05) is 0 Å². The Balaban J connectivity index is 1.97. The summed E-state index contributed by atoms with van der Waals surface area (Å²) in [5, 5.41) is 2.86. The first-order valence-electron chi connectivity index (χ1n) is 4.40. The first kappa shape index (κ1) is 8.47. The molecule has 70 valence electrons. The second-order valence-electron chi connectivity index (χ2n) is 3.55. The van der Waals surface area contributed by atoms with Crippen molar-refractivity contribution in [1.82, 2.24) is 10.0 Å².